The number of amides is 1. The molecule has 2 rings (SSSR count). The van der Waals surface area contributed by atoms with E-state index in [1.54, 1.807) is 0 Å². The van der Waals surface area contributed by atoms with Gasteiger partial charge in [-0.3, -0.25) is 4.79 Å². The first-order valence-electron chi connectivity index (χ1n) is 5.74. The second kappa shape index (κ2) is 4.03. The average molecular weight is 229 g/mol. The van der Waals surface area contributed by atoms with E-state index in [9.17, 15) is 14.0 Å². The van der Waals surface area contributed by atoms with E-state index >= 15 is 0 Å². The van der Waals surface area contributed by atoms with Gasteiger partial charge in [-0.2, -0.15) is 0 Å². The summed E-state index contributed by atoms with van der Waals surface area (Å²) in [6.45, 7) is -0.0458. The molecule has 1 heterocycles. The summed E-state index contributed by atoms with van der Waals surface area (Å²) >= 11 is 0. The Morgan fingerprint density at radius 3 is 2.44 bits per heavy atom. The van der Waals surface area contributed by atoms with Crippen LogP contribution < -0.4 is 0 Å². The van der Waals surface area contributed by atoms with Gasteiger partial charge in [-0.1, -0.05) is 12.8 Å². The Kier molecular flexibility index (Phi) is 2.86. The first-order valence-corrected chi connectivity index (χ1v) is 5.74. The van der Waals surface area contributed by atoms with Crippen molar-refractivity contribution in [3.63, 3.8) is 0 Å². The lowest BCUT2D eigenvalue weighted by Gasteiger charge is -2.20. The van der Waals surface area contributed by atoms with Gasteiger partial charge in [0.15, 0.2) is 0 Å². The molecule has 0 radical (unpaired) electrons. The number of likely N-dealkylation sites (tertiary alicyclic amines) is 1. The van der Waals surface area contributed by atoms with Crippen LogP contribution in [0.1, 0.15) is 32.1 Å². The number of carboxylic acid groups (broad SMARTS) is 1. The molecule has 1 N–H and O–H groups in total. The summed E-state index contributed by atoms with van der Waals surface area (Å²) < 4.78 is 13.7. The number of aliphatic carboxylic acids is 1. The van der Waals surface area contributed by atoms with E-state index < -0.39 is 11.6 Å². The molecule has 1 saturated heterocycles. The molecule has 1 atom stereocenters. The number of alkyl halides is 1. The summed E-state index contributed by atoms with van der Waals surface area (Å²) in [5.41, 5.74) is -2.23. The van der Waals surface area contributed by atoms with Crippen molar-refractivity contribution >= 4 is 11.9 Å². The number of nitrogens with zero attached hydrogens (tertiary/aromatic N) is 1. The molecule has 1 unspecified atom stereocenters. The molecule has 90 valence electrons. The van der Waals surface area contributed by atoms with Crippen LogP contribution in [0.4, 0.5) is 4.39 Å². The predicted octanol–water partition coefficient (Wildman–Crippen LogP) is 1.20. The molecule has 1 aliphatic heterocycles. The summed E-state index contributed by atoms with van der Waals surface area (Å²) in [5.74, 6) is -1.51. The lowest BCUT2D eigenvalue weighted by atomic mass is 10.1. The highest BCUT2D eigenvalue weighted by atomic mass is 19.1. The zero-order valence-electron chi connectivity index (χ0n) is 9.12. The number of hydrogen-bond donors (Lipinski definition) is 1. The third-order valence-electron chi connectivity index (χ3n) is 3.62. The molecule has 0 bridgehead atoms. The van der Waals surface area contributed by atoms with Gasteiger partial charge in [0.1, 0.15) is 0 Å². The maximum Gasteiger partial charge on any atom is 0.343 e. The molecule has 5 heteroatoms. The van der Waals surface area contributed by atoms with Gasteiger partial charge in [-0.15, -0.1) is 0 Å². The maximum atomic E-state index is 13.7. The Balaban J connectivity index is 1.97. The van der Waals surface area contributed by atoms with Gasteiger partial charge in [0, 0.05) is 18.9 Å². The summed E-state index contributed by atoms with van der Waals surface area (Å²) in [6.07, 6.45) is 3.73. The molecule has 2 aliphatic rings. The first-order chi connectivity index (χ1) is 7.53. The van der Waals surface area contributed by atoms with Crippen LogP contribution in [0.15, 0.2) is 0 Å². The molecule has 0 aromatic rings. The predicted molar refractivity (Wildman–Crippen MR) is 54.6 cm³/mol. The highest BCUT2D eigenvalue weighted by Gasteiger charge is 2.47. The number of halogens is 1. The lowest BCUT2D eigenvalue weighted by molar-refractivity contribution is -0.150. The van der Waals surface area contributed by atoms with Gasteiger partial charge in [0.25, 0.3) is 0 Å². The van der Waals surface area contributed by atoms with E-state index in [1.165, 1.54) is 4.90 Å². The van der Waals surface area contributed by atoms with E-state index in [-0.39, 0.29) is 31.3 Å². The van der Waals surface area contributed by atoms with Crippen molar-refractivity contribution in [2.75, 3.05) is 13.1 Å². The van der Waals surface area contributed by atoms with E-state index in [2.05, 4.69) is 0 Å². The van der Waals surface area contributed by atoms with Crippen LogP contribution in [0.2, 0.25) is 0 Å². The molecular formula is C11H16FNO3. The number of carbonyl (C=O) groups excluding carboxylic acids is 1. The van der Waals surface area contributed by atoms with Crippen molar-refractivity contribution < 1.29 is 19.1 Å². The van der Waals surface area contributed by atoms with Crippen molar-refractivity contribution in [1.29, 1.82) is 0 Å². The van der Waals surface area contributed by atoms with E-state index in [4.69, 9.17) is 5.11 Å². The standard InChI is InChI=1S/C11H16FNO3/c12-11(10(15)16)5-6-13(7-11)9(14)8-3-1-2-4-8/h8H,1-7H2,(H,15,16). The Bertz CT molecular complexity index is 314. The van der Waals surface area contributed by atoms with Crippen molar-refractivity contribution in [3.05, 3.63) is 0 Å². The van der Waals surface area contributed by atoms with Crippen LogP contribution >= 0.6 is 0 Å². The average Bonchev–Trinajstić information content (AvgIpc) is 2.85. The second-order valence-corrected chi connectivity index (χ2v) is 4.76. The first kappa shape index (κ1) is 11.4. The van der Waals surface area contributed by atoms with Crippen molar-refractivity contribution in [1.82, 2.24) is 4.90 Å². The van der Waals surface area contributed by atoms with Crippen LogP contribution in [0, 0.1) is 5.92 Å². The number of hydrogen-bond acceptors (Lipinski definition) is 2. The lowest BCUT2D eigenvalue weighted by Crippen LogP contribution is -2.40. The second-order valence-electron chi connectivity index (χ2n) is 4.76. The fraction of sp³-hybridized carbons (Fsp3) is 0.818. The van der Waals surface area contributed by atoms with Gasteiger partial charge in [-0.05, 0) is 12.8 Å². The molecule has 0 aromatic carbocycles. The third-order valence-corrected chi connectivity index (χ3v) is 3.62. The van der Waals surface area contributed by atoms with Gasteiger partial charge in [-0.25, -0.2) is 9.18 Å². The normalized spacial score (nSPS) is 30.9. The number of carboxylic acids is 1. The number of rotatable bonds is 2. The minimum absolute atomic E-state index is 0.00357. The molecule has 1 saturated carbocycles. The summed E-state index contributed by atoms with van der Waals surface area (Å²) in [5, 5.41) is 8.72. The van der Waals surface area contributed by atoms with Gasteiger partial charge >= 0.3 is 5.97 Å². The topological polar surface area (TPSA) is 57.6 Å². The third kappa shape index (κ3) is 1.90. The van der Waals surface area contributed by atoms with E-state index in [0.29, 0.717) is 0 Å². The highest BCUT2D eigenvalue weighted by molar-refractivity contribution is 5.83. The molecular weight excluding hydrogens is 213 g/mol. The van der Waals surface area contributed by atoms with Crippen LogP contribution in [0.25, 0.3) is 0 Å². The van der Waals surface area contributed by atoms with Crippen LogP contribution in [0.5, 0.6) is 0 Å². The quantitative estimate of drug-likeness (QED) is 0.774. The molecule has 0 spiro atoms. The van der Waals surface area contributed by atoms with Crippen molar-refractivity contribution in [2.45, 2.75) is 37.8 Å². The number of carbonyl (C=O) groups is 2. The molecule has 0 aromatic heterocycles. The van der Waals surface area contributed by atoms with Crippen molar-refractivity contribution in [3.8, 4) is 0 Å². The van der Waals surface area contributed by atoms with E-state index in [1.807, 2.05) is 0 Å². The smallest absolute Gasteiger partial charge is 0.343 e. The van der Waals surface area contributed by atoms with Crippen LogP contribution in [-0.2, 0) is 9.59 Å². The zero-order chi connectivity index (χ0) is 11.8. The minimum Gasteiger partial charge on any atom is -0.479 e. The molecule has 4 nitrogen and oxygen atoms in total. The maximum absolute atomic E-state index is 13.7. The summed E-state index contributed by atoms with van der Waals surface area (Å²) in [4.78, 5) is 24.0. The SMILES string of the molecule is O=C(C1CCCC1)N1CCC(F)(C(=O)O)C1. The molecule has 1 amide bonds. The Hall–Kier alpha value is -1.13. The van der Waals surface area contributed by atoms with Crippen molar-refractivity contribution in [2.24, 2.45) is 5.92 Å². The fourth-order valence-electron chi connectivity index (χ4n) is 2.57. The van der Waals surface area contributed by atoms with Gasteiger partial charge in [0.05, 0.1) is 6.54 Å². The monoisotopic (exact) mass is 229 g/mol. The Morgan fingerprint density at radius 1 is 1.31 bits per heavy atom. The van der Waals surface area contributed by atoms with Gasteiger partial charge < -0.3 is 10.0 Å². The van der Waals surface area contributed by atoms with E-state index in [0.717, 1.165) is 25.7 Å². The Labute approximate surface area is 93.4 Å². The molecule has 2 fully saturated rings. The summed E-state index contributed by atoms with van der Waals surface area (Å²) in [6, 6.07) is 0. The van der Waals surface area contributed by atoms with Crippen LogP contribution in [0.3, 0.4) is 0 Å². The minimum atomic E-state index is -2.23. The zero-order valence-corrected chi connectivity index (χ0v) is 9.12. The molecule has 16 heavy (non-hydrogen) atoms. The molecule has 1 aliphatic carbocycles. The van der Waals surface area contributed by atoms with Crippen LogP contribution in [-0.4, -0.2) is 40.6 Å². The summed E-state index contributed by atoms with van der Waals surface area (Å²) in [7, 11) is 0. The highest BCUT2D eigenvalue weighted by Crippen LogP contribution is 2.31. The Morgan fingerprint density at radius 2 is 1.94 bits per heavy atom. The largest absolute Gasteiger partial charge is 0.479 e. The van der Waals surface area contributed by atoms with Gasteiger partial charge in [0.2, 0.25) is 11.6 Å². The fourth-order valence-corrected chi connectivity index (χ4v) is 2.57.